The van der Waals surface area contributed by atoms with E-state index < -0.39 is 0 Å². The zero-order chi connectivity index (χ0) is 45.4. The van der Waals surface area contributed by atoms with Crippen LogP contribution < -0.4 is 9.80 Å². The van der Waals surface area contributed by atoms with Gasteiger partial charge in [0.1, 0.15) is 0 Å². The van der Waals surface area contributed by atoms with Gasteiger partial charge in [-0.05, 0) is 147 Å². The minimum Gasteiger partial charge on any atom is -0.313 e. The number of fused-ring (bicyclic) bond motifs is 4. The molecule has 0 aliphatic rings. The molecule has 4 nitrogen and oxygen atoms in total. The van der Waals surface area contributed by atoms with Gasteiger partial charge in [-0.15, -0.1) is 0 Å². The highest BCUT2D eigenvalue weighted by Gasteiger charge is 2.20. The molecule has 0 spiro atoms. The molecular formula is C63H50N4. The number of hydrogen-bond donors (Lipinski definition) is 0. The van der Waals surface area contributed by atoms with E-state index in [0.717, 1.165) is 62.1 Å². The summed E-state index contributed by atoms with van der Waals surface area (Å²) in [5, 5.41) is 3.63. The van der Waals surface area contributed by atoms with Gasteiger partial charge in [0.25, 0.3) is 0 Å². The molecule has 0 aliphatic carbocycles. The minimum absolute atomic E-state index is 1.08. The third kappa shape index (κ3) is 7.59. The smallest absolute Gasteiger partial charge is 0.0542 e. The van der Waals surface area contributed by atoms with Gasteiger partial charge in [-0.1, -0.05) is 139 Å². The Balaban J connectivity index is 0.961. The molecule has 11 rings (SSSR count). The maximum atomic E-state index is 3.97. The van der Waals surface area contributed by atoms with Crippen molar-refractivity contribution in [3.05, 3.63) is 260 Å². The Morgan fingerprint density at radius 2 is 0.776 bits per heavy atom. The molecule has 322 valence electrons. The molecule has 0 radical (unpaired) electrons. The van der Waals surface area contributed by atoms with Crippen molar-refractivity contribution >= 4 is 72.9 Å². The van der Waals surface area contributed by atoms with Crippen molar-refractivity contribution in [2.45, 2.75) is 20.8 Å². The van der Waals surface area contributed by atoms with Crippen LogP contribution >= 0.6 is 0 Å². The van der Waals surface area contributed by atoms with Gasteiger partial charge in [-0.3, -0.25) is 0 Å². The number of rotatable bonds is 11. The summed E-state index contributed by atoms with van der Waals surface area (Å²) in [5.74, 6) is 0. The van der Waals surface area contributed by atoms with Gasteiger partial charge in [-0.2, -0.15) is 0 Å². The highest BCUT2D eigenvalue weighted by molar-refractivity contribution is 6.10. The van der Waals surface area contributed by atoms with E-state index in [0.29, 0.717) is 0 Å². The van der Waals surface area contributed by atoms with E-state index in [-0.39, 0.29) is 0 Å². The van der Waals surface area contributed by atoms with Crippen LogP contribution in [0.15, 0.2) is 237 Å². The lowest BCUT2D eigenvalue weighted by Crippen LogP contribution is -2.10. The van der Waals surface area contributed by atoms with Crippen LogP contribution in [0.25, 0.3) is 61.3 Å². The first kappa shape index (κ1) is 41.1. The molecule has 67 heavy (non-hydrogen) atoms. The summed E-state index contributed by atoms with van der Waals surface area (Å²) >= 11 is 0. The van der Waals surface area contributed by atoms with Gasteiger partial charge >= 0.3 is 0 Å². The molecule has 0 saturated heterocycles. The lowest BCUT2D eigenvalue weighted by molar-refractivity contribution is 1.05. The number of benzene rings is 9. The first-order valence-electron chi connectivity index (χ1n) is 23.0. The second-order valence-electron chi connectivity index (χ2n) is 17.3. The van der Waals surface area contributed by atoms with Crippen molar-refractivity contribution < 1.29 is 0 Å². The highest BCUT2D eigenvalue weighted by Crippen LogP contribution is 2.42. The average molecular weight is 863 g/mol. The van der Waals surface area contributed by atoms with E-state index in [2.05, 4.69) is 271 Å². The van der Waals surface area contributed by atoms with E-state index >= 15 is 0 Å². The first-order chi connectivity index (χ1) is 32.9. The maximum absolute atomic E-state index is 3.97. The molecule has 4 heteroatoms. The van der Waals surface area contributed by atoms with Crippen LogP contribution in [0.2, 0.25) is 0 Å². The minimum atomic E-state index is 1.08. The molecule has 0 amide bonds. The van der Waals surface area contributed by atoms with Crippen molar-refractivity contribution in [1.82, 2.24) is 9.13 Å². The van der Waals surface area contributed by atoms with E-state index in [4.69, 9.17) is 0 Å². The van der Waals surface area contributed by atoms with Gasteiger partial charge in [-0.25, -0.2) is 0 Å². The van der Waals surface area contributed by atoms with Gasteiger partial charge in [0.2, 0.25) is 0 Å². The summed E-state index contributed by atoms with van der Waals surface area (Å²) in [6.07, 6.45) is 6.04. The molecule has 0 aliphatic heterocycles. The fraction of sp³-hybridized carbons (Fsp3) is 0.0476. The van der Waals surface area contributed by atoms with Crippen molar-refractivity contribution in [3.63, 3.8) is 0 Å². The van der Waals surface area contributed by atoms with Gasteiger partial charge in [0.15, 0.2) is 0 Å². The fourth-order valence-electron chi connectivity index (χ4n) is 9.70. The molecule has 9 aromatic carbocycles. The summed E-state index contributed by atoms with van der Waals surface area (Å²) in [7, 11) is 0. The van der Waals surface area contributed by atoms with Crippen LogP contribution in [0.4, 0.5) is 34.1 Å². The van der Waals surface area contributed by atoms with E-state index in [1.165, 1.54) is 49.6 Å². The summed E-state index contributed by atoms with van der Waals surface area (Å²) in [4.78, 5) is 4.72. The van der Waals surface area contributed by atoms with E-state index in [1.54, 1.807) is 0 Å². The molecule has 0 atom stereocenters. The number of hydrogen-bond acceptors (Lipinski definition) is 2. The third-order valence-electron chi connectivity index (χ3n) is 13.0. The van der Waals surface area contributed by atoms with Crippen LogP contribution in [-0.4, -0.2) is 9.13 Å². The Kier molecular flexibility index (Phi) is 10.7. The zero-order valence-electron chi connectivity index (χ0n) is 38.0. The normalized spacial score (nSPS) is 11.5. The van der Waals surface area contributed by atoms with Crippen LogP contribution in [0.5, 0.6) is 0 Å². The molecule has 0 bridgehead atoms. The number of allylic oxidation sites excluding steroid dienone is 2. The monoisotopic (exact) mass is 862 g/mol. The molecule has 0 N–H and O–H groups in total. The Morgan fingerprint density at radius 3 is 1.28 bits per heavy atom. The molecule has 2 aromatic heterocycles. The van der Waals surface area contributed by atoms with Crippen molar-refractivity contribution in [1.29, 1.82) is 0 Å². The number of para-hydroxylation sites is 3. The Morgan fingerprint density at radius 1 is 0.373 bits per heavy atom. The fourth-order valence-corrected chi connectivity index (χ4v) is 9.70. The Bertz CT molecular complexity index is 3580. The van der Waals surface area contributed by atoms with Gasteiger partial charge < -0.3 is 18.9 Å². The lowest BCUT2D eigenvalue weighted by atomic mass is 10.0. The van der Waals surface area contributed by atoms with Crippen LogP contribution in [0.1, 0.15) is 22.4 Å². The summed E-state index contributed by atoms with van der Waals surface area (Å²) in [5.41, 5.74) is 19.5. The number of aryl methyl sites for hydroxylation is 2. The second kappa shape index (κ2) is 17.4. The molecule has 0 unspecified atom stereocenters. The number of anilines is 6. The van der Waals surface area contributed by atoms with Crippen molar-refractivity contribution in [2.75, 3.05) is 9.80 Å². The summed E-state index contributed by atoms with van der Waals surface area (Å²) < 4.78 is 4.72. The number of aromatic nitrogens is 2. The standard InChI is InChI=1S/C63H50N4/c1-5-6-19-57-46(4)64(49-15-9-7-10-16-49)62-40-38-55(42-59(57)62)65(51-30-22-44(2)23-31-51)53-34-26-47(27-35-53)48-28-36-54(37-29-48)66(52-32-24-45(3)25-33-52)56-39-41-63-60(43-56)58-20-13-14-21-61(58)67(63)50-17-11-8-12-18-50/h5-43H,1H2,2-4H3/b19-6-. The van der Waals surface area contributed by atoms with E-state index in [1.807, 2.05) is 12.2 Å². The summed E-state index contributed by atoms with van der Waals surface area (Å²) in [6, 6.07) is 79.2. The van der Waals surface area contributed by atoms with Crippen molar-refractivity contribution in [3.8, 4) is 22.5 Å². The zero-order valence-corrected chi connectivity index (χ0v) is 38.0. The van der Waals surface area contributed by atoms with Crippen LogP contribution in [0, 0.1) is 20.8 Å². The Hall–Kier alpha value is -8.60. The van der Waals surface area contributed by atoms with Crippen LogP contribution in [-0.2, 0) is 0 Å². The second-order valence-corrected chi connectivity index (χ2v) is 17.3. The molecular weight excluding hydrogens is 813 g/mol. The summed E-state index contributed by atoms with van der Waals surface area (Å²) in [6.45, 7) is 10.4. The predicted molar refractivity (Wildman–Crippen MR) is 286 cm³/mol. The lowest BCUT2D eigenvalue weighted by Gasteiger charge is -2.26. The SMILES string of the molecule is C=C/C=C\c1c(C)n(-c2ccccc2)c2ccc(N(c3ccc(C)cc3)c3ccc(-c4ccc(N(c5ccc(C)cc5)c5ccc6c(c5)c5ccccc5n6-c5ccccc5)cc4)cc3)cc12. The third-order valence-corrected chi connectivity index (χ3v) is 13.0. The molecule has 2 heterocycles. The largest absolute Gasteiger partial charge is 0.313 e. The number of nitrogens with zero attached hydrogens (tertiary/aromatic N) is 4. The topological polar surface area (TPSA) is 16.3 Å². The first-order valence-corrected chi connectivity index (χ1v) is 23.0. The molecule has 0 saturated carbocycles. The van der Waals surface area contributed by atoms with Gasteiger partial charge in [0.05, 0.1) is 16.6 Å². The molecule has 0 fully saturated rings. The van der Waals surface area contributed by atoms with E-state index in [9.17, 15) is 0 Å². The van der Waals surface area contributed by atoms with Crippen molar-refractivity contribution in [2.24, 2.45) is 0 Å². The molecule has 11 aromatic rings. The average Bonchev–Trinajstić information content (AvgIpc) is 3.85. The van der Waals surface area contributed by atoms with Gasteiger partial charge in [0, 0.05) is 72.9 Å². The Labute approximate surface area is 392 Å². The maximum Gasteiger partial charge on any atom is 0.0542 e. The van der Waals surface area contributed by atoms with Crippen LogP contribution in [0.3, 0.4) is 0 Å². The highest BCUT2D eigenvalue weighted by atomic mass is 15.1. The predicted octanol–water partition coefficient (Wildman–Crippen LogP) is 17.5. The quantitative estimate of drug-likeness (QED) is 0.120.